The van der Waals surface area contributed by atoms with Crippen molar-refractivity contribution < 1.29 is 14.0 Å². The lowest BCUT2D eigenvalue weighted by atomic mass is 10.2. The third-order valence-electron chi connectivity index (χ3n) is 6.43. The highest BCUT2D eigenvalue weighted by molar-refractivity contribution is 5.97. The first-order valence-corrected chi connectivity index (χ1v) is 11.5. The molecule has 2 aromatic rings. The Kier molecular flexibility index (Phi) is 6.75. The van der Waals surface area contributed by atoms with Crippen LogP contribution in [-0.2, 0) is 6.54 Å². The van der Waals surface area contributed by atoms with Gasteiger partial charge in [-0.1, -0.05) is 12.8 Å². The van der Waals surface area contributed by atoms with Gasteiger partial charge in [0.2, 0.25) is 5.89 Å². The minimum absolute atomic E-state index is 0.0171. The number of aromatic nitrogens is 1. The molecule has 2 fully saturated rings. The summed E-state index contributed by atoms with van der Waals surface area (Å²) in [6, 6.07) is 5.87. The Morgan fingerprint density at radius 3 is 2.52 bits per heavy atom. The van der Waals surface area contributed by atoms with Gasteiger partial charge in [-0.2, -0.15) is 0 Å². The van der Waals surface area contributed by atoms with Gasteiger partial charge in [0.1, 0.15) is 5.52 Å². The fourth-order valence-electron chi connectivity index (χ4n) is 4.51. The topological polar surface area (TPSA) is 81.9 Å². The largest absolute Gasteiger partial charge is 0.439 e. The summed E-state index contributed by atoms with van der Waals surface area (Å²) < 4.78 is 5.91. The summed E-state index contributed by atoms with van der Waals surface area (Å²) in [6.07, 6.45) is 4.64. The van der Waals surface area contributed by atoms with E-state index in [0.29, 0.717) is 61.3 Å². The number of hydrogen-bond acceptors (Lipinski definition) is 5. The first kappa shape index (κ1) is 21.6. The number of fused-ring (bicyclic) bond motifs is 1. The summed E-state index contributed by atoms with van der Waals surface area (Å²) in [5, 5.41) is 3.17. The molecule has 2 aliphatic rings. The molecule has 3 amide bonds. The number of carbonyl (C=O) groups is 2. The molecule has 1 aromatic heterocycles. The van der Waals surface area contributed by atoms with Gasteiger partial charge in [-0.25, -0.2) is 9.78 Å². The number of benzene rings is 1. The van der Waals surface area contributed by atoms with Crippen molar-refractivity contribution in [2.45, 2.75) is 52.1 Å². The van der Waals surface area contributed by atoms with E-state index < -0.39 is 0 Å². The van der Waals surface area contributed by atoms with Gasteiger partial charge in [0.25, 0.3) is 5.91 Å². The highest BCUT2D eigenvalue weighted by Crippen LogP contribution is 2.21. The minimum atomic E-state index is 0.0171. The molecule has 1 aliphatic heterocycles. The summed E-state index contributed by atoms with van der Waals surface area (Å²) in [7, 11) is 0. The predicted molar refractivity (Wildman–Crippen MR) is 119 cm³/mol. The van der Waals surface area contributed by atoms with Crippen molar-refractivity contribution in [3.63, 3.8) is 0 Å². The van der Waals surface area contributed by atoms with Crippen LogP contribution in [0.25, 0.3) is 11.1 Å². The molecule has 8 heteroatoms. The SMILES string of the molecule is CCN(CC)C(=O)c1ccc2oc(CN3CCN(C(=O)NC4CCCC4)CC3)nc2c1. The van der Waals surface area contributed by atoms with E-state index in [1.807, 2.05) is 30.9 Å². The summed E-state index contributed by atoms with van der Waals surface area (Å²) in [6.45, 7) is 8.93. The lowest BCUT2D eigenvalue weighted by Crippen LogP contribution is -2.52. The van der Waals surface area contributed by atoms with Crippen LogP contribution in [0.4, 0.5) is 4.79 Å². The van der Waals surface area contributed by atoms with E-state index >= 15 is 0 Å². The Hall–Kier alpha value is -2.61. The maximum atomic E-state index is 12.6. The fraction of sp³-hybridized carbons (Fsp3) is 0.609. The molecule has 1 aliphatic carbocycles. The molecule has 0 radical (unpaired) electrons. The van der Waals surface area contributed by atoms with Gasteiger partial charge in [-0.05, 0) is 44.9 Å². The van der Waals surface area contributed by atoms with E-state index in [-0.39, 0.29) is 11.9 Å². The molecule has 0 atom stereocenters. The lowest BCUT2D eigenvalue weighted by molar-refractivity contribution is 0.0773. The van der Waals surface area contributed by atoms with Crippen LogP contribution >= 0.6 is 0 Å². The van der Waals surface area contributed by atoms with E-state index in [1.54, 1.807) is 11.0 Å². The Morgan fingerprint density at radius 2 is 1.84 bits per heavy atom. The number of rotatable bonds is 6. The Morgan fingerprint density at radius 1 is 1.13 bits per heavy atom. The van der Waals surface area contributed by atoms with Crippen LogP contribution in [0.2, 0.25) is 0 Å². The maximum absolute atomic E-state index is 12.6. The Balaban J connectivity index is 1.33. The van der Waals surface area contributed by atoms with Crippen molar-refractivity contribution in [1.29, 1.82) is 0 Å². The smallest absolute Gasteiger partial charge is 0.317 e. The number of hydrogen-bond donors (Lipinski definition) is 1. The quantitative estimate of drug-likeness (QED) is 0.766. The molecule has 31 heavy (non-hydrogen) atoms. The second-order valence-electron chi connectivity index (χ2n) is 8.46. The molecular formula is C23H33N5O3. The van der Waals surface area contributed by atoms with E-state index in [1.165, 1.54) is 12.8 Å². The molecule has 2 heterocycles. The number of urea groups is 1. The second-order valence-corrected chi connectivity index (χ2v) is 8.46. The molecule has 0 spiro atoms. The van der Waals surface area contributed by atoms with Gasteiger partial charge in [-0.3, -0.25) is 9.69 Å². The van der Waals surface area contributed by atoms with Crippen molar-refractivity contribution in [1.82, 2.24) is 25.0 Å². The predicted octanol–water partition coefficient (Wildman–Crippen LogP) is 3.08. The van der Waals surface area contributed by atoms with E-state index in [0.717, 1.165) is 25.9 Å². The van der Waals surface area contributed by atoms with Crippen molar-refractivity contribution in [3.05, 3.63) is 29.7 Å². The standard InChI is InChI=1S/C23H33N5O3/c1-3-27(4-2)22(29)17-9-10-20-19(15-17)25-21(31-20)16-26-11-13-28(14-12-26)23(30)24-18-7-5-6-8-18/h9-10,15,18H,3-8,11-14,16H2,1-2H3,(H,24,30). The number of piperazine rings is 1. The van der Waals surface area contributed by atoms with Gasteiger partial charge in [0.15, 0.2) is 5.58 Å². The number of carbonyl (C=O) groups excluding carboxylic acids is 2. The normalized spacial score (nSPS) is 17.9. The van der Waals surface area contributed by atoms with Gasteiger partial charge in [0.05, 0.1) is 6.54 Å². The monoisotopic (exact) mass is 427 g/mol. The second kappa shape index (κ2) is 9.68. The molecule has 4 rings (SSSR count). The van der Waals surface area contributed by atoms with Gasteiger partial charge in [-0.15, -0.1) is 0 Å². The van der Waals surface area contributed by atoms with Crippen LogP contribution in [0.15, 0.2) is 22.6 Å². The van der Waals surface area contributed by atoms with Gasteiger partial charge >= 0.3 is 6.03 Å². The number of nitrogens with one attached hydrogen (secondary N) is 1. The Bertz CT molecular complexity index is 909. The lowest BCUT2D eigenvalue weighted by Gasteiger charge is -2.34. The first-order valence-electron chi connectivity index (χ1n) is 11.5. The molecule has 1 N–H and O–H groups in total. The molecule has 0 unspecified atom stereocenters. The maximum Gasteiger partial charge on any atom is 0.317 e. The number of nitrogens with zero attached hydrogens (tertiary/aromatic N) is 4. The van der Waals surface area contributed by atoms with Crippen LogP contribution in [-0.4, -0.2) is 76.9 Å². The van der Waals surface area contributed by atoms with E-state index in [4.69, 9.17) is 4.42 Å². The van der Waals surface area contributed by atoms with Crippen LogP contribution in [0.5, 0.6) is 0 Å². The highest BCUT2D eigenvalue weighted by Gasteiger charge is 2.25. The first-order chi connectivity index (χ1) is 15.1. The van der Waals surface area contributed by atoms with Gasteiger partial charge in [0, 0.05) is 50.9 Å². The molecule has 0 bridgehead atoms. The van der Waals surface area contributed by atoms with Gasteiger partial charge < -0.3 is 19.5 Å². The van der Waals surface area contributed by atoms with Crippen LogP contribution in [0.3, 0.4) is 0 Å². The van der Waals surface area contributed by atoms with Crippen molar-refractivity contribution >= 4 is 23.0 Å². The third kappa shape index (κ3) is 5.01. The zero-order valence-corrected chi connectivity index (χ0v) is 18.6. The Labute approximate surface area is 183 Å². The highest BCUT2D eigenvalue weighted by atomic mass is 16.3. The molecule has 1 saturated heterocycles. The minimum Gasteiger partial charge on any atom is -0.439 e. The zero-order valence-electron chi connectivity index (χ0n) is 18.6. The molecular weight excluding hydrogens is 394 g/mol. The summed E-state index contributed by atoms with van der Waals surface area (Å²) in [4.78, 5) is 35.6. The number of amides is 3. The molecule has 168 valence electrons. The van der Waals surface area contributed by atoms with Crippen LogP contribution in [0.1, 0.15) is 55.8 Å². The number of oxazole rings is 1. The van der Waals surface area contributed by atoms with Crippen molar-refractivity contribution in [2.75, 3.05) is 39.3 Å². The van der Waals surface area contributed by atoms with E-state index in [2.05, 4.69) is 15.2 Å². The molecule has 8 nitrogen and oxygen atoms in total. The summed E-state index contributed by atoms with van der Waals surface area (Å²) in [5.41, 5.74) is 2.04. The summed E-state index contributed by atoms with van der Waals surface area (Å²) >= 11 is 0. The molecule has 1 saturated carbocycles. The van der Waals surface area contributed by atoms with Crippen molar-refractivity contribution in [2.24, 2.45) is 0 Å². The molecule has 1 aromatic carbocycles. The summed E-state index contributed by atoms with van der Waals surface area (Å²) in [5.74, 6) is 0.662. The van der Waals surface area contributed by atoms with Crippen LogP contribution < -0.4 is 5.32 Å². The van der Waals surface area contributed by atoms with Crippen molar-refractivity contribution in [3.8, 4) is 0 Å². The average Bonchev–Trinajstić information content (AvgIpc) is 3.43. The zero-order chi connectivity index (χ0) is 21.8. The van der Waals surface area contributed by atoms with E-state index in [9.17, 15) is 9.59 Å². The fourth-order valence-corrected chi connectivity index (χ4v) is 4.51. The third-order valence-corrected chi connectivity index (χ3v) is 6.43. The average molecular weight is 428 g/mol. The van der Waals surface area contributed by atoms with Crippen LogP contribution in [0, 0.1) is 0 Å².